The molecule has 9 heavy (non-hydrogen) atoms. The number of aliphatic hydroxyl groups excluding tert-OH is 3. The Bertz CT molecular complexity index is 33.7. The fourth-order valence-electron chi connectivity index (χ4n) is 0.134. The van der Waals surface area contributed by atoms with Gasteiger partial charge >= 0.3 is 0 Å². The molecule has 0 aliphatic rings. The Morgan fingerprint density at radius 2 is 1.00 bits per heavy atom. The maximum atomic E-state index is 8.13. The number of rotatable bonds is 3. The Kier molecular flexibility index (Phi) is 19.0. The van der Waals surface area contributed by atoms with Crippen LogP contribution < -0.4 is 0 Å². The van der Waals surface area contributed by atoms with Crippen molar-refractivity contribution in [2.75, 3.05) is 20.2 Å². The first-order chi connectivity index (χ1) is 3.35. The number of aliphatic hydroxyl groups is 3. The lowest BCUT2D eigenvalue weighted by atomic mass is 10.9. The summed E-state index contributed by atoms with van der Waals surface area (Å²) in [6.07, 6.45) is 0. The molecule has 0 aromatic carbocycles. The first-order valence-corrected chi connectivity index (χ1v) is 1.90. The van der Waals surface area contributed by atoms with Gasteiger partial charge in [0.05, 0.1) is 20.2 Å². The number of hydrogen-bond acceptors (Lipinski definition) is 4. The van der Waals surface area contributed by atoms with Crippen molar-refractivity contribution in [2.24, 2.45) is 0 Å². The third kappa shape index (κ3) is 7.84. The van der Waals surface area contributed by atoms with Gasteiger partial charge < -0.3 is 15.3 Å². The van der Waals surface area contributed by atoms with Gasteiger partial charge in [-0.2, -0.15) is 0 Å². The second kappa shape index (κ2) is 10.8. The van der Waals surface area contributed by atoms with E-state index in [0.29, 0.717) is 0 Å². The van der Waals surface area contributed by atoms with Crippen LogP contribution in [0.2, 0.25) is 0 Å². The summed E-state index contributed by atoms with van der Waals surface area (Å²) in [6.45, 7) is -0.938. The fraction of sp³-hybridized carbons (Fsp3) is 1.00. The van der Waals surface area contributed by atoms with Gasteiger partial charge in [0, 0.05) is 0 Å². The molecule has 0 aromatic rings. The third-order valence-electron chi connectivity index (χ3n) is 0.600. The van der Waals surface area contributed by atoms with Crippen molar-refractivity contribution in [3.63, 3.8) is 0 Å². The molecule has 0 spiro atoms. The molecular weight excluding hydrogens is 122 g/mol. The van der Waals surface area contributed by atoms with E-state index in [-0.39, 0.29) is 35.0 Å². The average Bonchev–Trinajstić information content (AvgIpc) is 1.72. The van der Waals surface area contributed by atoms with Crippen LogP contribution in [0.4, 0.5) is 0 Å². The van der Waals surface area contributed by atoms with Crippen LogP contribution in [0.3, 0.4) is 0 Å². The smallest absolute Gasteiger partial charge is 0.0993 e. The topological polar surface area (TPSA) is 63.9 Å². The largest absolute Gasteiger partial charge is 0.381 e. The van der Waals surface area contributed by atoms with E-state index in [1.54, 1.807) is 0 Å². The van der Waals surface area contributed by atoms with Crippen molar-refractivity contribution in [1.82, 2.24) is 4.90 Å². The maximum absolute atomic E-state index is 8.13. The molecule has 0 saturated heterocycles. The van der Waals surface area contributed by atoms with Crippen LogP contribution >= 0.6 is 0 Å². The highest BCUT2D eigenvalue weighted by Crippen LogP contribution is 1.75. The lowest BCUT2D eigenvalue weighted by molar-refractivity contribution is -0.0268. The monoisotopic (exact) mass is 139 g/mol. The quantitative estimate of drug-likeness (QED) is 0.457. The van der Waals surface area contributed by atoms with Crippen LogP contribution in [0.5, 0.6) is 0 Å². The van der Waals surface area contributed by atoms with Crippen LogP contribution in [0.15, 0.2) is 0 Å². The lowest BCUT2D eigenvalue weighted by Crippen LogP contribution is -2.26. The second-order valence-electron chi connectivity index (χ2n) is 1.10. The molecule has 60 valence electrons. The zero-order valence-corrected chi connectivity index (χ0v) is 3.91. The second-order valence-corrected chi connectivity index (χ2v) is 1.10. The molecule has 0 rings (SSSR count). The van der Waals surface area contributed by atoms with Gasteiger partial charge in [0.2, 0.25) is 0 Å². The van der Waals surface area contributed by atoms with Crippen molar-refractivity contribution in [3.05, 3.63) is 0 Å². The molecule has 0 unspecified atom stereocenters. The zero-order chi connectivity index (χ0) is 5.70. The van der Waals surface area contributed by atoms with Crippen LogP contribution in [0.1, 0.15) is 14.9 Å². The summed E-state index contributed by atoms with van der Waals surface area (Å²) in [5.74, 6) is 0. The first-order valence-electron chi connectivity index (χ1n) is 1.90. The molecule has 0 radical (unpaired) electrons. The van der Waals surface area contributed by atoms with E-state index in [1.165, 1.54) is 0 Å². The first kappa shape index (κ1) is 15.9. The summed E-state index contributed by atoms with van der Waals surface area (Å²) in [6, 6.07) is 0. The summed E-state index contributed by atoms with van der Waals surface area (Å²) < 4.78 is 0. The van der Waals surface area contributed by atoms with E-state index in [0.717, 1.165) is 4.90 Å². The van der Waals surface area contributed by atoms with Gasteiger partial charge in [-0.1, -0.05) is 14.9 Å². The van der Waals surface area contributed by atoms with E-state index in [9.17, 15) is 0 Å². The molecular formula is C5H17NO3. The van der Waals surface area contributed by atoms with Crippen molar-refractivity contribution < 1.29 is 15.3 Å². The molecule has 0 bridgehead atoms. The molecule has 4 nitrogen and oxygen atoms in total. The SMILES string of the molecule is C.C.OCN(CO)CO. The van der Waals surface area contributed by atoms with Gasteiger partial charge in [-0.15, -0.1) is 0 Å². The Morgan fingerprint density at radius 1 is 0.778 bits per heavy atom. The number of hydrogen-bond donors (Lipinski definition) is 3. The molecule has 0 aliphatic carbocycles. The van der Waals surface area contributed by atoms with Crippen LogP contribution in [0, 0.1) is 0 Å². The summed E-state index contributed by atoms with van der Waals surface area (Å²) in [4.78, 5) is 1.04. The maximum Gasteiger partial charge on any atom is 0.0993 e. The van der Waals surface area contributed by atoms with Gasteiger partial charge in [-0.25, -0.2) is 4.90 Å². The fourth-order valence-corrected chi connectivity index (χ4v) is 0.134. The minimum Gasteiger partial charge on any atom is -0.381 e. The normalized spacial score (nSPS) is 8.00. The van der Waals surface area contributed by atoms with Gasteiger partial charge in [0.1, 0.15) is 0 Å². The highest BCUT2D eigenvalue weighted by molar-refractivity contribution is 4.28. The third-order valence-corrected chi connectivity index (χ3v) is 0.600. The van der Waals surface area contributed by atoms with Gasteiger partial charge in [-0.3, -0.25) is 0 Å². The van der Waals surface area contributed by atoms with E-state index in [4.69, 9.17) is 15.3 Å². The summed E-state index contributed by atoms with van der Waals surface area (Å²) in [5, 5.41) is 24.4. The van der Waals surface area contributed by atoms with Gasteiger partial charge in [0.15, 0.2) is 0 Å². The molecule has 3 N–H and O–H groups in total. The average molecular weight is 139 g/mol. The van der Waals surface area contributed by atoms with E-state index < -0.39 is 0 Å². The van der Waals surface area contributed by atoms with Gasteiger partial charge in [0.25, 0.3) is 0 Å². The predicted octanol–water partition coefficient (Wildman–Crippen LogP) is -0.590. The predicted molar refractivity (Wildman–Crippen MR) is 36.6 cm³/mol. The van der Waals surface area contributed by atoms with Crippen LogP contribution in [-0.4, -0.2) is 40.4 Å². The highest BCUT2D eigenvalue weighted by Gasteiger charge is 1.93. The van der Waals surface area contributed by atoms with E-state index >= 15 is 0 Å². The Balaban J connectivity index is -0.000000180. The molecule has 0 fully saturated rings. The molecule has 0 amide bonds. The molecule has 0 aliphatic heterocycles. The van der Waals surface area contributed by atoms with E-state index in [1.807, 2.05) is 0 Å². The minimum absolute atomic E-state index is 0. The van der Waals surface area contributed by atoms with Crippen molar-refractivity contribution in [2.45, 2.75) is 14.9 Å². The van der Waals surface area contributed by atoms with Crippen LogP contribution in [-0.2, 0) is 0 Å². The zero-order valence-electron chi connectivity index (χ0n) is 3.91. The minimum atomic E-state index is -0.312. The molecule has 0 saturated carbocycles. The Morgan fingerprint density at radius 3 is 1.00 bits per heavy atom. The lowest BCUT2D eigenvalue weighted by Gasteiger charge is -2.09. The van der Waals surface area contributed by atoms with E-state index in [2.05, 4.69) is 0 Å². The highest BCUT2D eigenvalue weighted by atomic mass is 16.3. The Labute approximate surface area is 56.4 Å². The molecule has 4 heteroatoms. The summed E-state index contributed by atoms with van der Waals surface area (Å²) >= 11 is 0. The van der Waals surface area contributed by atoms with Crippen molar-refractivity contribution in [1.29, 1.82) is 0 Å². The van der Waals surface area contributed by atoms with Gasteiger partial charge in [-0.05, 0) is 0 Å². The molecule has 0 aromatic heterocycles. The molecule has 0 heterocycles. The van der Waals surface area contributed by atoms with Crippen molar-refractivity contribution >= 4 is 0 Å². The number of nitrogens with zero attached hydrogens (tertiary/aromatic N) is 1. The van der Waals surface area contributed by atoms with Crippen molar-refractivity contribution in [3.8, 4) is 0 Å². The standard InChI is InChI=1S/C3H9NO3.2CH4/c5-1-4(2-6)3-7;;/h5-7H,1-3H2;2*1H4. The molecule has 0 atom stereocenters. The summed E-state index contributed by atoms with van der Waals surface area (Å²) in [7, 11) is 0. The summed E-state index contributed by atoms with van der Waals surface area (Å²) in [5.41, 5.74) is 0. The Hall–Kier alpha value is -0.160. The van der Waals surface area contributed by atoms with Crippen LogP contribution in [0.25, 0.3) is 0 Å².